The Morgan fingerprint density at radius 3 is 2.34 bits per heavy atom. The molecule has 2 amide bonds. The smallest absolute Gasteiger partial charge is 0.240 e. The standard InChI is InChI=1S/C26H27N3O3/c1-32-21-15-13-20(14-16-21)26(19-8-3-2-4-9-19)28-24(30)18-27-22-10-5-6-11-23(22)29-17-7-12-25(29)31/h2-6,8-11,13-16,26-27H,7,12,17-18H2,1H3,(H,28,30)/t26-/m1/s1. The third-order valence-corrected chi connectivity index (χ3v) is 5.60. The van der Waals surface area contributed by atoms with Crippen LogP contribution >= 0.6 is 0 Å². The van der Waals surface area contributed by atoms with Crippen LogP contribution in [-0.4, -0.2) is 32.0 Å². The monoisotopic (exact) mass is 429 g/mol. The lowest BCUT2D eigenvalue weighted by molar-refractivity contribution is -0.120. The maximum atomic E-state index is 12.9. The predicted octanol–water partition coefficient (Wildman–Crippen LogP) is 4.14. The highest BCUT2D eigenvalue weighted by atomic mass is 16.5. The SMILES string of the molecule is COc1ccc([C@H](NC(=O)CNc2ccccc2N2CCCC2=O)c2ccccc2)cc1. The maximum absolute atomic E-state index is 12.9. The molecule has 0 unspecified atom stereocenters. The van der Waals surface area contributed by atoms with Crippen LogP contribution in [-0.2, 0) is 9.59 Å². The Morgan fingerprint density at radius 1 is 0.969 bits per heavy atom. The van der Waals surface area contributed by atoms with E-state index in [1.807, 2.05) is 78.9 Å². The van der Waals surface area contributed by atoms with E-state index in [9.17, 15) is 9.59 Å². The van der Waals surface area contributed by atoms with E-state index in [2.05, 4.69) is 10.6 Å². The number of nitrogens with one attached hydrogen (secondary N) is 2. The summed E-state index contributed by atoms with van der Waals surface area (Å²) in [4.78, 5) is 26.9. The third-order valence-electron chi connectivity index (χ3n) is 5.60. The third kappa shape index (κ3) is 4.91. The topological polar surface area (TPSA) is 70.7 Å². The Morgan fingerprint density at radius 2 is 1.66 bits per heavy atom. The number of nitrogens with zero attached hydrogens (tertiary/aromatic N) is 1. The van der Waals surface area contributed by atoms with Crippen molar-refractivity contribution in [1.29, 1.82) is 0 Å². The second-order valence-electron chi connectivity index (χ2n) is 7.70. The Hall–Kier alpha value is -3.80. The van der Waals surface area contributed by atoms with Gasteiger partial charge in [-0.3, -0.25) is 9.59 Å². The van der Waals surface area contributed by atoms with Gasteiger partial charge in [-0.15, -0.1) is 0 Å². The average Bonchev–Trinajstić information content (AvgIpc) is 3.27. The highest BCUT2D eigenvalue weighted by molar-refractivity contribution is 5.98. The number of anilines is 2. The molecule has 6 heteroatoms. The van der Waals surface area contributed by atoms with Crippen LogP contribution in [0.5, 0.6) is 5.75 Å². The van der Waals surface area contributed by atoms with Crippen LogP contribution in [0.1, 0.15) is 30.0 Å². The molecule has 0 radical (unpaired) electrons. The van der Waals surface area contributed by atoms with Crippen molar-refractivity contribution in [2.45, 2.75) is 18.9 Å². The van der Waals surface area contributed by atoms with Crippen LogP contribution in [0.3, 0.4) is 0 Å². The Labute approximate surface area is 188 Å². The van der Waals surface area contributed by atoms with Crippen molar-refractivity contribution in [2.24, 2.45) is 0 Å². The molecule has 1 aliphatic heterocycles. The molecule has 4 rings (SSSR count). The summed E-state index contributed by atoms with van der Waals surface area (Å²) in [5, 5.41) is 6.34. The minimum absolute atomic E-state index is 0.0958. The van der Waals surface area contributed by atoms with Gasteiger partial charge in [-0.25, -0.2) is 0 Å². The van der Waals surface area contributed by atoms with E-state index in [-0.39, 0.29) is 24.4 Å². The van der Waals surface area contributed by atoms with Gasteiger partial charge in [0, 0.05) is 13.0 Å². The molecule has 0 aliphatic carbocycles. The minimum Gasteiger partial charge on any atom is -0.497 e. The molecule has 1 saturated heterocycles. The number of hydrogen-bond donors (Lipinski definition) is 2. The van der Waals surface area contributed by atoms with Crippen molar-refractivity contribution in [3.8, 4) is 5.75 Å². The summed E-state index contributed by atoms with van der Waals surface area (Å²) in [6.45, 7) is 0.801. The van der Waals surface area contributed by atoms with Crippen molar-refractivity contribution in [2.75, 3.05) is 30.4 Å². The zero-order valence-corrected chi connectivity index (χ0v) is 18.1. The number of methoxy groups -OCH3 is 1. The van der Waals surface area contributed by atoms with Gasteiger partial charge < -0.3 is 20.3 Å². The highest BCUT2D eigenvalue weighted by Gasteiger charge is 2.24. The van der Waals surface area contributed by atoms with E-state index < -0.39 is 0 Å². The summed E-state index contributed by atoms with van der Waals surface area (Å²) in [5.41, 5.74) is 3.55. The van der Waals surface area contributed by atoms with Crippen LogP contribution in [0.25, 0.3) is 0 Å². The molecule has 1 heterocycles. The van der Waals surface area contributed by atoms with Gasteiger partial charge in [-0.2, -0.15) is 0 Å². The zero-order chi connectivity index (χ0) is 22.3. The highest BCUT2D eigenvalue weighted by Crippen LogP contribution is 2.29. The van der Waals surface area contributed by atoms with Crippen LogP contribution in [0.4, 0.5) is 11.4 Å². The Bertz CT molecular complexity index is 1070. The lowest BCUT2D eigenvalue weighted by atomic mass is 9.98. The molecule has 0 spiro atoms. The minimum atomic E-state index is -0.285. The van der Waals surface area contributed by atoms with Gasteiger partial charge in [0.1, 0.15) is 5.75 Å². The number of amides is 2. The van der Waals surface area contributed by atoms with Gasteiger partial charge in [0.05, 0.1) is 31.1 Å². The molecular weight excluding hydrogens is 402 g/mol. The largest absolute Gasteiger partial charge is 0.497 e. The fourth-order valence-electron chi connectivity index (χ4n) is 3.95. The summed E-state index contributed by atoms with van der Waals surface area (Å²) in [6.07, 6.45) is 1.42. The molecule has 32 heavy (non-hydrogen) atoms. The molecule has 6 nitrogen and oxygen atoms in total. The van der Waals surface area contributed by atoms with Crippen molar-refractivity contribution in [3.05, 3.63) is 90.0 Å². The number of para-hydroxylation sites is 2. The van der Waals surface area contributed by atoms with Gasteiger partial charge in [0.2, 0.25) is 11.8 Å². The van der Waals surface area contributed by atoms with Crippen LogP contribution < -0.4 is 20.3 Å². The number of carbonyl (C=O) groups is 2. The summed E-state index contributed by atoms with van der Waals surface area (Å²) < 4.78 is 5.26. The molecule has 164 valence electrons. The van der Waals surface area contributed by atoms with Gasteiger partial charge in [0.25, 0.3) is 0 Å². The average molecular weight is 430 g/mol. The van der Waals surface area contributed by atoms with Crippen molar-refractivity contribution >= 4 is 23.2 Å². The van der Waals surface area contributed by atoms with Crippen molar-refractivity contribution in [1.82, 2.24) is 5.32 Å². The first kappa shape index (κ1) is 21.4. The molecule has 1 aliphatic rings. The summed E-state index contributed by atoms with van der Waals surface area (Å²) in [5.74, 6) is 0.742. The quantitative estimate of drug-likeness (QED) is 0.565. The molecule has 1 fully saturated rings. The number of hydrogen-bond acceptors (Lipinski definition) is 4. The summed E-state index contributed by atoms with van der Waals surface area (Å²) >= 11 is 0. The molecule has 3 aromatic rings. The van der Waals surface area contributed by atoms with E-state index in [0.29, 0.717) is 13.0 Å². The first-order chi connectivity index (χ1) is 15.7. The molecule has 0 aromatic heterocycles. The fraction of sp³-hybridized carbons (Fsp3) is 0.231. The van der Waals surface area contributed by atoms with E-state index >= 15 is 0 Å². The van der Waals surface area contributed by atoms with Crippen LogP contribution in [0.2, 0.25) is 0 Å². The molecule has 0 bridgehead atoms. The van der Waals surface area contributed by atoms with E-state index in [4.69, 9.17) is 4.74 Å². The predicted molar refractivity (Wildman–Crippen MR) is 126 cm³/mol. The number of benzene rings is 3. The van der Waals surface area contributed by atoms with Gasteiger partial charge in [-0.1, -0.05) is 54.6 Å². The van der Waals surface area contributed by atoms with Crippen LogP contribution in [0, 0.1) is 0 Å². The number of ether oxygens (including phenoxy) is 1. The molecule has 3 aromatic carbocycles. The first-order valence-corrected chi connectivity index (χ1v) is 10.8. The van der Waals surface area contributed by atoms with E-state index in [1.165, 1.54) is 0 Å². The van der Waals surface area contributed by atoms with Crippen molar-refractivity contribution < 1.29 is 14.3 Å². The normalized spacial score (nSPS) is 14.2. The second-order valence-corrected chi connectivity index (χ2v) is 7.70. The van der Waals surface area contributed by atoms with Gasteiger partial charge in [-0.05, 0) is 41.8 Å². The molecular formula is C26H27N3O3. The number of carbonyl (C=O) groups excluding carboxylic acids is 2. The first-order valence-electron chi connectivity index (χ1n) is 10.8. The van der Waals surface area contributed by atoms with Gasteiger partial charge in [0.15, 0.2) is 0 Å². The molecule has 2 N–H and O–H groups in total. The van der Waals surface area contributed by atoms with E-state index in [0.717, 1.165) is 34.7 Å². The Balaban J connectivity index is 1.48. The fourth-order valence-corrected chi connectivity index (χ4v) is 3.95. The lowest BCUT2D eigenvalue weighted by Gasteiger charge is -2.22. The van der Waals surface area contributed by atoms with Crippen molar-refractivity contribution in [3.63, 3.8) is 0 Å². The van der Waals surface area contributed by atoms with E-state index in [1.54, 1.807) is 12.0 Å². The van der Waals surface area contributed by atoms with Gasteiger partial charge >= 0.3 is 0 Å². The lowest BCUT2D eigenvalue weighted by Crippen LogP contribution is -2.34. The molecule has 1 atom stereocenters. The molecule has 0 saturated carbocycles. The zero-order valence-electron chi connectivity index (χ0n) is 18.1. The number of rotatable bonds is 8. The Kier molecular flexibility index (Phi) is 6.70. The summed E-state index contributed by atoms with van der Waals surface area (Å²) in [6, 6.07) is 24.9. The maximum Gasteiger partial charge on any atom is 0.240 e. The van der Waals surface area contributed by atoms with Crippen LogP contribution in [0.15, 0.2) is 78.9 Å². The summed E-state index contributed by atoms with van der Waals surface area (Å²) in [7, 11) is 1.63. The second kappa shape index (κ2) is 10.0.